The van der Waals surface area contributed by atoms with E-state index in [4.69, 9.17) is 0 Å². The Bertz CT molecular complexity index is 479. The van der Waals surface area contributed by atoms with Gasteiger partial charge in [-0.3, -0.25) is 4.79 Å². The summed E-state index contributed by atoms with van der Waals surface area (Å²) in [6.45, 7) is 0.630. The maximum absolute atomic E-state index is 11.8. The van der Waals surface area contributed by atoms with Gasteiger partial charge in [-0.2, -0.15) is 0 Å². The summed E-state index contributed by atoms with van der Waals surface area (Å²) in [6.07, 6.45) is 0. The number of nitrogens with one attached hydrogen (secondary N) is 3. The average molecular weight is 308 g/mol. The summed E-state index contributed by atoms with van der Waals surface area (Å²) in [4.78, 5) is 11.3. The molecule has 1 aromatic rings. The van der Waals surface area contributed by atoms with E-state index < -0.39 is 10.0 Å². The van der Waals surface area contributed by atoms with Gasteiger partial charge in [0.1, 0.15) is 0 Å². The number of carbonyl (C=O) groups is 1. The topological polar surface area (TPSA) is 87.3 Å². The van der Waals surface area contributed by atoms with Crippen LogP contribution < -0.4 is 15.4 Å². The van der Waals surface area contributed by atoms with Crippen molar-refractivity contribution >= 4 is 28.3 Å². The van der Waals surface area contributed by atoms with Crippen molar-refractivity contribution in [2.24, 2.45) is 0 Å². The van der Waals surface area contributed by atoms with Crippen LogP contribution in [0.25, 0.3) is 0 Å². The lowest BCUT2D eigenvalue weighted by atomic mass is 10.4. The highest BCUT2D eigenvalue weighted by atomic mass is 35.5. The number of hydrogen-bond acceptors (Lipinski definition) is 4. The minimum atomic E-state index is -3.49. The van der Waals surface area contributed by atoms with E-state index >= 15 is 0 Å². The third-order valence-electron chi connectivity index (χ3n) is 2.13. The van der Waals surface area contributed by atoms with Crippen molar-refractivity contribution in [1.82, 2.24) is 15.4 Å². The Morgan fingerprint density at radius 2 is 1.79 bits per heavy atom. The largest absolute Gasteiger partial charge is 0.354 e. The maximum atomic E-state index is 11.8. The van der Waals surface area contributed by atoms with Crippen LogP contribution >= 0.6 is 12.4 Å². The Hall–Kier alpha value is -1.15. The number of rotatable bonds is 7. The second-order valence-electron chi connectivity index (χ2n) is 3.59. The molecule has 0 radical (unpaired) electrons. The van der Waals surface area contributed by atoms with E-state index in [1.54, 1.807) is 25.2 Å². The first kappa shape index (κ1) is 17.8. The number of amides is 1. The van der Waals surface area contributed by atoms with Crippen LogP contribution in [0, 0.1) is 0 Å². The average Bonchev–Trinajstić information content (AvgIpc) is 2.36. The van der Waals surface area contributed by atoms with Gasteiger partial charge in [-0.1, -0.05) is 18.2 Å². The normalized spacial score (nSPS) is 10.6. The predicted molar refractivity (Wildman–Crippen MR) is 75.8 cm³/mol. The molecule has 0 fully saturated rings. The number of benzene rings is 1. The number of sulfonamides is 1. The van der Waals surface area contributed by atoms with E-state index in [2.05, 4.69) is 15.4 Å². The van der Waals surface area contributed by atoms with Crippen molar-refractivity contribution in [3.05, 3.63) is 30.3 Å². The molecule has 0 atom stereocenters. The van der Waals surface area contributed by atoms with Gasteiger partial charge in [-0.15, -0.1) is 12.4 Å². The number of halogens is 1. The van der Waals surface area contributed by atoms with E-state index in [9.17, 15) is 13.2 Å². The standard InChI is InChI=1S/C11H17N3O3S.ClH/c1-12-9-11(15)13-7-8-14-18(16,17)10-5-3-2-4-6-10;/h2-6,12,14H,7-9H2,1H3,(H,13,15);1H. The van der Waals surface area contributed by atoms with E-state index in [1.807, 2.05) is 0 Å². The molecular weight excluding hydrogens is 290 g/mol. The molecule has 1 rings (SSSR count). The zero-order valence-electron chi connectivity index (χ0n) is 10.5. The molecule has 0 aliphatic heterocycles. The molecule has 8 heteroatoms. The fourth-order valence-electron chi connectivity index (χ4n) is 1.29. The number of hydrogen-bond donors (Lipinski definition) is 3. The van der Waals surface area contributed by atoms with Crippen molar-refractivity contribution in [2.75, 3.05) is 26.7 Å². The predicted octanol–water partition coefficient (Wildman–Crippen LogP) is -0.278. The van der Waals surface area contributed by atoms with Crippen molar-refractivity contribution < 1.29 is 13.2 Å². The van der Waals surface area contributed by atoms with Gasteiger partial charge in [-0.25, -0.2) is 13.1 Å². The Labute approximate surface area is 119 Å². The van der Waals surface area contributed by atoms with Gasteiger partial charge < -0.3 is 10.6 Å². The summed E-state index contributed by atoms with van der Waals surface area (Å²) in [7, 11) is -1.82. The van der Waals surface area contributed by atoms with Crippen LogP contribution in [0.4, 0.5) is 0 Å². The highest BCUT2D eigenvalue weighted by Gasteiger charge is 2.11. The molecule has 108 valence electrons. The third-order valence-corrected chi connectivity index (χ3v) is 3.61. The lowest BCUT2D eigenvalue weighted by Crippen LogP contribution is -2.38. The van der Waals surface area contributed by atoms with E-state index in [0.717, 1.165) is 0 Å². The highest BCUT2D eigenvalue weighted by Crippen LogP contribution is 2.06. The molecule has 6 nitrogen and oxygen atoms in total. The molecular formula is C11H18ClN3O3S. The lowest BCUT2D eigenvalue weighted by Gasteiger charge is -2.07. The van der Waals surface area contributed by atoms with Crippen molar-refractivity contribution in [3.63, 3.8) is 0 Å². The summed E-state index contributed by atoms with van der Waals surface area (Å²) < 4.78 is 25.9. The molecule has 0 saturated heterocycles. The third kappa shape index (κ3) is 6.53. The molecule has 0 saturated carbocycles. The Balaban J connectivity index is 0.00000324. The summed E-state index contributed by atoms with van der Waals surface area (Å²) in [5.41, 5.74) is 0. The highest BCUT2D eigenvalue weighted by molar-refractivity contribution is 7.89. The Kier molecular flexibility index (Phi) is 8.33. The molecule has 19 heavy (non-hydrogen) atoms. The summed E-state index contributed by atoms with van der Waals surface area (Å²) in [6, 6.07) is 8.09. The minimum Gasteiger partial charge on any atom is -0.354 e. The van der Waals surface area contributed by atoms with Crippen LogP contribution in [0.5, 0.6) is 0 Å². The maximum Gasteiger partial charge on any atom is 0.240 e. The fraction of sp³-hybridized carbons (Fsp3) is 0.364. The molecule has 1 amide bonds. The van der Waals surface area contributed by atoms with E-state index in [1.165, 1.54) is 12.1 Å². The van der Waals surface area contributed by atoms with Crippen LogP contribution in [0.1, 0.15) is 0 Å². The summed E-state index contributed by atoms with van der Waals surface area (Å²) >= 11 is 0. The van der Waals surface area contributed by atoms with Gasteiger partial charge in [-0.05, 0) is 19.2 Å². The van der Waals surface area contributed by atoms with Crippen LogP contribution in [-0.2, 0) is 14.8 Å². The van der Waals surface area contributed by atoms with E-state index in [0.29, 0.717) is 0 Å². The van der Waals surface area contributed by atoms with Crippen LogP contribution in [0.2, 0.25) is 0 Å². The molecule has 0 aliphatic rings. The van der Waals surface area contributed by atoms with Crippen LogP contribution in [0.3, 0.4) is 0 Å². The van der Waals surface area contributed by atoms with Gasteiger partial charge in [0.15, 0.2) is 0 Å². The van der Waals surface area contributed by atoms with Gasteiger partial charge in [0.2, 0.25) is 15.9 Å². The molecule has 0 aliphatic carbocycles. The SMILES string of the molecule is CNCC(=O)NCCNS(=O)(=O)c1ccccc1.Cl. The molecule has 0 bridgehead atoms. The molecule has 0 aromatic heterocycles. The number of carbonyl (C=O) groups excluding carboxylic acids is 1. The molecule has 3 N–H and O–H groups in total. The minimum absolute atomic E-state index is 0. The summed E-state index contributed by atoms with van der Waals surface area (Å²) in [5, 5.41) is 5.28. The van der Waals surface area contributed by atoms with Gasteiger partial charge >= 0.3 is 0 Å². The van der Waals surface area contributed by atoms with Gasteiger partial charge in [0.25, 0.3) is 0 Å². The van der Waals surface area contributed by atoms with Crippen molar-refractivity contribution in [3.8, 4) is 0 Å². The second-order valence-corrected chi connectivity index (χ2v) is 5.36. The lowest BCUT2D eigenvalue weighted by molar-refractivity contribution is -0.120. The first-order valence-electron chi connectivity index (χ1n) is 5.52. The zero-order valence-corrected chi connectivity index (χ0v) is 12.2. The van der Waals surface area contributed by atoms with Gasteiger partial charge in [0, 0.05) is 13.1 Å². The Morgan fingerprint density at radius 1 is 1.16 bits per heavy atom. The van der Waals surface area contributed by atoms with Crippen molar-refractivity contribution in [1.29, 1.82) is 0 Å². The molecule has 0 spiro atoms. The summed E-state index contributed by atoms with van der Waals surface area (Å²) in [5.74, 6) is -0.170. The zero-order chi connectivity index (χ0) is 13.4. The molecule has 1 aromatic carbocycles. The monoisotopic (exact) mass is 307 g/mol. The first-order valence-corrected chi connectivity index (χ1v) is 7.00. The quantitative estimate of drug-likeness (QED) is 0.605. The smallest absolute Gasteiger partial charge is 0.240 e. The van der Waals surface area contributed by atoms with Crippen LogP contribution in [-0.4, -0.2) is 41.0 Å². The Morgan fingerprint density at radius 3 is 2.37 bits per heavy atom. The molecule has 0 heterocycles. The van der Waals surface area contributed by atoms with Crippen LogP contribution in [0.15, 0.2) is 35.2 Å². The number of likely N-dealkylation sites (N-methyl/N-ethyl adjacent to an activating group) is 1. The molecule has 0 unspecified atom stereocenters. The fourth-order valence-corrected chi connectivity index (χ4v) is 2.35. The van der Waals surface area contributed by atoms with Crippen molar-refractivity contribution in [2.45, 2.75) is 4.90 Å². The second kappa shape index (κ2) is 8.87. The van der Waals surface area contributed by atoms with E-state index in [-0.39, 0.29) is 42.8 Å². The first-order chi connectivity index (χ1) is 8.56. The van der Waals surface area contributed by atoms with Gasteiger partial charge in [0.05, 0.1) is 11.4 Å².